The van der Waals surface area contributed by atoms with Gasteiger partial charge in [-0.3, -0.25) is 0 Å². The van der Waals surface area contributed by atoms with Gasteiger partial charge in [0.25, 0.3) is 0 Å². The SMILES string of the molecule is CCC(CN)c1nn2c(C3CCCCC3)nnc2s1. The van der Waals surface area contributed by atoms with Crippen LogP contribution in [-0.4, -0.2) is 26.4 Å². The highest BCUT2D eigenvalue weighted by molar-refractivity contribution is 7.16. The van der Waals surface area contributed by atoms with E-state index in [0.29, 0.717) is 18.4 Å². The fraction of sp³-hybridized carbons (Fsp3) is 0.769. The molecule has 0 bridgehead atoms. The molecule has 1 aliphatic rings. The Hall–Kier alpha value is -1.01. The van der Waals surface area contributed by atoms with E-state index in [1.165, 1.54) is 32.1 Å². The summed E-state index contributed by atoms with van der Waals surface area (Å²) in [5.74, 6) is 1.95. The summed E-state index contributed by atoms with van der Waals surface area (Å²) in [5.41, 5.74) is 5.81. The summed E-state index contributed by atoms with van der Waals surface area (Å²) in [4.78, 5) is 0.919. The third-order valence-electron chi connectivity index (χ3n) is 4.13. The molecule has 2 N–H and O–H groups in total. The second-order valence-corrected chi connectivity index (χ2v) is 6.36. The summed E-state index contributed by atoms with van der Waals surface area (Å²) in [7, 11) is 0. The van der Waals surface area contributed by atoms with Crippen LogP contribution in [0.3, 0.4) is 0 Å². The molecule has 1 saturated carbocycles. The van der Waals surface area contributed by atoms with Gasteiger partial charge in [0.1, 0.15) is 5.01 Å². The van der Waals surface area contributed by atoms with E-state index in [9.17, 15) is 0 Å². The van der Waals surface area contributed by atoms with Gasteiger partial charge in [-0.25, -0.2) is 0 Å². The van der Waals surface area contributed by atoms with Crippen molar-refractivity contribution >= 4 is 16.3 Å². The van der Waals surface area contributed by atoms with E-state index in [1.807, 2.05) is 4.52 Å². The van der Waals surface area contributed by atoms with E-state index in [4.69, 9.17) is 10.8 Å². The Morgan fingerprint density at radius 2 is 2.11 bits per heavy atom. The zero-order valence-corrected chi connectivity index (χ0v) is 12.2. The lowest BCUT2D eigenvalue weighted by atomic mass is 9.89. The summed E-state index contributed by atoms with van der Waals surface area (Å²) < 4.78 is 1.97. The molecule has 0 radical (unpaired) electrons. The predicted molar refractivity (Wildman–Crippen MR) is 76.6 cm³/mol. The maximum absolute atomic E-state index is 5.81. The lowest BCUT2D eigenvalue weighted by Crippen LogP contribution is -2.13. The van der Waals surface area contributed by atoms with Crippen LogP contribution in [0.5, 0.6) is 0 Å². The van der Waals surface area contributed by atoms with Crippen LogP contribution in [0.1, 0.15) is 68.1 Å². The van der Waals surface area contributed by atoms with Gasteiger partial charge >= 0.3 is 0 Å². The number of rotatable bonds is 4. The van der Waals surface area contributed by atoms with Crippen molar-refractivity contribution in [2.75, 3.05) is 6.54 Å². The Morgan fingerprint density at radius 1 is 1.32 bits per heavy atom. The van der Waals surface area contributed by atoms with Gasteiger partial charge in [0.05, 0.1) is 0 Å². The third-order valence-corrected chi connectivity index (χ3v) is 5.19. The molecule has 0 amide bonds. The maximum Gasteiger partial charge on any atom is 0.234 e. The van der Waals surface area contributed by atoms with Crippen LogP contribution in [0.2, 0.25) is 0 Å². The Morgan fingerprint density at radius 3 is 2.79 bits per heavy atom. The van der Waals surface area contributed by atoms with Crippen molar-refractivity contribution in [2.45, 2.75) is 57.3 Å². The van der Waals surface area contributed by atoms with Gasteiger partial charge < -0.3 is 5.73 Å². The first kappa shape index (κ1) is 13.0. The lowest BCUT2D eigenvalue weighted by molar-refractivity contribution is 0.422. The molecular formula is C13H21N5S. The summed E-state index contributed by atoms with van der Waals surface area (Å²) in [5, 5.41) is 14.5. The molecule has 0 saturated heterocycles. The summed E-state index contributed by atoms with van der Waals surface area (Å²) >= 11 is 1.64. The van der Waals surface area contributed by atoms with Crippen molar-refractivity contribution in [1.82, 2.24) is 19.8 Å². The number of nitrogens with two attached hydrogens (primary N) is 1. The first-order valence-corrected chi connectivity index (χ1v) is 8.07. The molecule has 1 atom stereocenters. The van der Waals surface area contributed by atoms with Gasteiger partial charge in [-0.15, -0.1) is 10.2 Å². The maximum atomic E-state index is 5.81. The molecule has 19 heavy (non-hydrogen) atoms. The van der Waals surface area contributed by atoms with Crippen LogP contribution in [0.25, 0.3) is 4.96 Å². The summed E-state index contributed by atoms with van der Waals surface area (Å²) in [6, 6.07) is 0. The summed E-state index contributed by atoms with van der Waals surface area (Å²) in [6.07, 6.45) is 7.43. The molecule has 3 rings (SSSR count). The number of hydrogen-bond donors (Lipinski definition) is 1. The Labute approximate surface area is 117 Å². The predicted octanol–water partition coefficient (Wildman–Crippen LogP) is 2.69. The molecule has 0 spiro atoms. The van der Waals surface area contributed by atoms with Crippen LogP contribution in [-0.2, 0) is 0 Å². The van der Waals surface area contributed by atoms with Gasteiger partial charge in [0.15, 0.2) is 5.82 Å². The highest BCUT2D eigenvalue weighted by Gasteiger charge is 2.24. The smallest absolute Gasteiger partial charge is 0.234 e. The molecule has 0 aliphatic heterocycles. The molecule has 1 unspecified atom stereocenters. The highest BCUT2D eigenvalue weighted by Crippen LogP contribution is 2.33. The minimum absolute atomic E-state index is 0.353. The van der Waals surface area contributed by atoms with E-state index in [-0.39, 0.29) is 0 Å². The molecular weight excluding hydrogens is 258 g/mol. The standard InChI is InChI=1S/C13H21N5S/c1-2-9(8-14)12-17-18-11(15-16-13(18)19-12)10-6-4-3-5-7-10/h9-10H,2-8,14H2,1H3. The van der Waals surface area contributed by atoms with E-state index in [2.05, 4.69) is 17.1 Å². The van der Waals surface area contributed by atoms with Crippen molar-refractivity contribution < 1.29 is 0 Å². The first-order valence-electron chi connectivity index (χ1n) is 7.25. The quantitative estimate of drug-likeness (QED) is 0.934. The molecule has 6 heteroatoms. The average Bonchev–Trinajstić information content (AvgIpc) is 3.01. The van der Waals surface area contributed by atoms with Crippen LogP contribution in [0.4, 0.5) is 0 Å². The monoisotopic (exact) mass is 279 g/mol. The van der Waals surface area contributed by atoms with E-state index >= 15 is 0 Å². The van der Waals surface area contributed by atoms with Crippen molar-refractivity contribution in [3.63, 3.8) is 0 Å². The molecule has 5 nitrogen and oxygen atoms in total. The number of fused-ring (bicyclic) bond motifs is 1. The fourth-order valence-electron chi connectivity index (χ4n) is 2.87. The molecule has 1 aliphatic carbocycles. The summed E-state index contributed by atoms with van der Waals surface area (Å²) in [6.45, 7) is 2.81. The fourth-order valence-corrected chi connectivity index (χ4v) is 3.91. The minimum atomic E-state index is 0.353. The van der Waals surface area contributed by atoms with Crippen LogP contribution < -0.4 is 5.73 Å². The van der Waals surface area contributed by atoms with Gasteiger partial charge in [-0.05, 0) is 19.3 Å². The second kappa shape index (κ2) is 5.54. The van der Waals surface area contributed by atoms with Crippen molar-refractivity contribution in [2.24, 2.45) is 5.73 Å². The van der Waals surface area contributed by atoms with Gasteiger partial charge in [-0.2, -0.15) is 9.61 Å². The minimum Gasteiger partial charge on any atom is -0.330 e. The zero-order chi connectivity index (χ0) is 13.2. The second-order valence-electron chi connectivity index (χ2n) is 5.37. The molecule has 1 fully saturated rings. The van der Waals surface area contributed by atoms with Gasteiger partial charge in [0, 0.05) is 18.4 Å². The Bertz CT molecular complexity index is 536. The van der Waals surface area contributed by atoms with E-state index < -0.39 is 0 Å². The molecule has 2 aromatic rings. The number of hydrogen-bond acceptors (Lipinski definition) is 5. The third kappa shape index (κ3) is 2.39. The number of aromatic nitrogens is 4. The van der Waals surface area contributed by atoms with Crippen molar-refractivity contribution in [3.8, 4) is 0 Å². The Balaban J connectivity index is 1.93. The van der Waals surface area contributed by atoms with Gasteiger partial charge in [0.2, 0.25) is 4.96 Å². The Kier molecular flexibility index (Phi) is 3.79. The van der Waals surface area contributed by atoms with Crippen molar-refractivity contribution in [3.05, 3.63) is 10.8 Å². The first-order chi connectivity index (χ1) is 9.33. The highest BCUT2D eigenvalue weighted by atomic mass is 32.1. The van der Waals surface area contributed by atoms with Crippen LogP contribution >= 0.6 is 11.3 Å². The zero-order valence-electron chi connectivity index (χ0n) is 11.4. The number of nitrogens with zero attached hydrogens (tertiary/aromatic N) is 4. The van der Waals surface area contributed by atoms with Crippen molar-refractivity contribution in [1.29, 1.82) is 0 Å². The van der Waals surface area contributed by atoms with E-state index in [1.54, 1.807) is 11.3 Å². The normalized spacial score (nSPS) is 19.1. The lowest BCUT2D eigenvalue weighted by Gasteiger charge is -2.18. The topological polar surface area (TPSA) is 69.1 Å². The van der Waals surface area contributed by atoms with E-state index in [0.717, 1.165) is 22.2 Å². The largest absolute Gasteiger partial charge is 0.330 e. The molecule has 2 heterocycles. The molecule has 0 aromatic carbocycles. The van der Waals surface area contributed by atoms with Crippen LogP contribution in [0.15, 0.2) is 0 Å². The van der Waals surface area contributed by atoms with Gasteiger partial charge in [-0.1, -0.05) is 37.5 Å². The average molecular weight is 279 g/mol. The molecule has 2 aromatic heterocycles. The van der Waals surface area contributed by atoms with Crippen LogP contribution in [0, 0.1) is 0 Å². The molecule has 104 valence electrons.